The molecule has 0 unspecified atom stereocenters. The molecule has 0 aliphatic carbocycles. The number of nitrogens with zero attached hydrogens (tertiary/aromatic N) is 3. The Hall–Kier alpha value is -6.37. The van der Waals surface area contributed by atoms with Crippen LogP contribution in [0.1, 0.15) is 0 Å². The summed E-state index contributed by atoms with van der Waals surface area (Å²) in [6.45, 7) is 7.72. The van der Waals surface area contributed by atoms with Gasteiger partial charge in [-0.3, -0.25) is 0 Å². The predicted molar refractivity (Wildman–Crippen MR) is 192 cm³/mol. The average molecular weight is 586 g/mol. The fourth-order valence-corrected chi connectivity index (χ4v) is 7.02. The van der Waals surface area contributed by atoms with Gasteiger partial charge in [0.1, 0.15) is 0 Å². The van der Waals surface area contributed by atoms with Crippen molar-refractivity contribution in [3.8, 4) is 33.6 Å². The number of rotatable bonds is 4. The van der Waals surface area contributed by atoms with Crippen molar-refractivity contribution in [2.45, 2.75) is 0 Å². The molecular formula is C43H27N3. The molecule has 0 saturated carbocycles. The Morgan fingerprint density at radius 2 is 0.826 bits per heavy atom. The topological polar surface area (TPSA) is 14.2 Å². The zero-order valence-electron chi connectivity index (χ0n) is 24.9. The van der Waals surface area contributed by atoms with Gasteiger partial charge in [0.05, 0.1) is 28.6 Å². The van der Waals surface area contributed by atoms with Gasteiger partial charge in [0.25, 0.3) is 0 Å². The monoisotopic (exact) mass is 585 g/mol. The lowest BCUT2D eigenvalue weighted by molar-refractivity contribution is 1.18. The van der Waals surface area contributed by atoms with Gasteiger partial charge >= 0.3 is 0 Å². The van der Waals surface area contributed by atoms with Gasteiger partial charge < -0.3 is 9.13 Å². The largest absolute Gasteiger partial charge is 0.309 e. The Balaban J connectivity index is 1.23. The minimum absolute atomic E-state index is 0.642. The first-order chi connectivity index (χ1) is 22.8. The smallest absolute Gasteiger partial charge is 0.188 e. The lowest BCUT2D eigenvalue weighted by atomic mass is 10.0. The predicted octanol–water partition coefficient (Wildman–Crippen LogP) is 11.8. The van der Waals surface area contributed by atoms with Crippen molar-refractivity contribution in [3.63, 3.8) is 0 Å². The van der Waals surface area contributed by atoms with Gasteiger partial charge in [-0.2, -0.15) is 0 Å². The Labute approximate surface area is 266 Å². The molecule has 7 aromatic carbocycles. The SMILES string of the molecule is [C-]#[N+]c1ccc2c(c1)c1cc(-c3cccc(-n4c5ccccc5c5ccccc54)c3)ccc1n2-c1cccc(-c2ccccc2)c1. The molecule has 9 aromatic rings. The van der Waals surface area contributed by atoms with E-state index < -0.39 is 0 Å². The molecule has 9 rings (SSSR count). The molecule has 0 aliphatic rings. The number of para-hydroxylation sites is 2. The Kier molecular flexibility index (Phi) is 5.88. The Morgan fingerprint density at radius 3 is 1.46 bits per heavy atom. The van der Waals surface area contributed by atoms with Crippen molar-refractivity contribution < 1.29 is 0 Å². The van der Waals surface area contributed by atoms with Crippen LogP contribution in [0.3, 0.4) is 0 Å². The van der Waals surface area contributed by atoms with Crippen LogP contribution in [-0.4, -0.2) is 9.13 Å². The van der Waals surface area contributed by atoms with Crippen LogP contribution in [0, 0.1) is 6.57 Å². The molecule has 2 heterocycles. The van der Waals surface area contributed by atoms with Crippen LogP contribution in [-0.2, 0) is 0 Å². The second-order valence-electron chi connectivity index (χ2n) is 11.7. The quantitative estimate of drug-likeness (QED) is 0.182. The summed E-state index contributed by atoms with van der Waals surface area (Å²) in [4.78, 5) is 3.77. The summed E-state index contributed by atoms with van der Waals surface area (Å²) in [5.74, 6) is 0. The summed E-state index contributed by atoms with van der Waals surface area (Å²) < 4.78 is 4.68. The Morgan fingerprint density at radius 1 is 0.348 bits per heavy atom. The molecule has 46 heavy (non-hydrogen) atoms. The Bertz CT molecular complexity index is 2600. The number of hydrogen-bond acceptors (Lipinski definition) is 0. The minimum atomic E-state index is 0.642. The maximum Gasteiger partial charge on any atom is 0.188 e. The summed E-state index contributed by atoms with van der Waals surface area (Å²) >= 11 is 0. The maximum absolute atomic E-state index is 7.72. The van der Waals surface area contributed by atoms with Gasteiger partial charge in [0.15, 0.2) is 5.69 Å². The van der Waals surface area contributed by atoms with Crippen LogP contribution in [0.15, 0.2) is 164 Å². The molecule has 0 atom stereocenters. The first-order valence-corrected chi connectivity index (χ1v) is 15.5. The maximum atomic E-state index is 7.72. The van der Waals surface area contributed by atoms with Crippen LogP contribution in [0.2, 0.25) is 0 Å². The summed E-state index contributed by atoms with van der Waals surface area (Å²) in [6, 6.07) is 58.0. The van der Waals surface area contributed by atoms with Crippen LogP contribution < -0.4 is 0 Å². The highest BCUT2D eigenvalue weighted by molar-refractivity contribution is 6.12. The van der Waals surface area contributed by atoms with Crippen molar-refractivity contribution in [2.24, 2.45) is 0 Å². The molecule has 0 fully saturated rings. The second-order valence-corrected chi connectivity index (χ2v) is 11.7. The highest BCUT2D eigenvalue weighted by Crippen LogP contribution is 2.38. The number of aromatic nitrogens is 2. The third-order valence-electron chi connectivity index (χ3n) is 9.11. The molecule has 0 N–H and O–H groups in total. The normalized spacial score (nSPS) is 11.5. The van der Waals surface area contributed by atoms with Crippen molar-refractivity contribution in [2.75, 3.05) is 0 Å². The fraction of sp³-hybridized carbons (Fsp3) is 0. The van der Waals surface area contributed by atoms with Gasteiger partial charge in [0.2, 0.25) is 0 Å². The van der Waals surface area contributed by atoms with E-state index in [-0.39, 0.29) is 0 Å². The van der Waals surface area contributed by atoms with E-state index in [1.54, 1.807) is 0 Å². The van der Waals surface area contributed by atoms with Crippen LogP contribution in [0.5, 0.6) is 0 Å². The molecule has 0 radical (unpaired) electrons. The molecule has 3 heteroatoms. The van der Waals surface area contributed by atoms with E-state index in [2.05, 4.69) is 160 Å². The third-order valence-corrected chi connectivity index (χ3v) is 9.11. The molecule has 0 amide bonds. The van der Waals surface area contributed by atoms with Gasteiger partial charge in [0, 0.05) is 27.5 Å². The molecule has 0 bridgehead atoms. The summed E-state index contributed by atoms with van der Waals surface area (Å²) in [5.41, 5.74) is 12.1. The van der Waals surface area contributed by atoms with Crippen molar-refractivity contribution >= 4 is 49.3 Å². The molecule has 3 nitrogen and oxygen atoms in total. The highest BCUT2D eigenvalue weighted by Gasteiger charge is 2.16. The van der Waals surface area contributed by atoms with Crippen molar-refractivity contribution in [1.29, 1.82) is 0 Å². The molecule has 0 saturated heterocycles. The number of hydrogen-bond donors (Lipinski definition) is 0. The van der Waals surface area contributed by atoms with E-state index in [0.29, 0.717) is 5.69 Å². The fourth-order valence-electron chi connectivity index (χ4n) is 7.02. The molecule has 214 valence electrons. The van der Waals surface area contributed by atoms with Crippen molar-refractivity contribution in [3.05, 3.63) is 175 Å². The van der Waals surface area contributed by atoms with Gasteiger partial charge in [-0.15, -0.1) is 0 Å². The van der Waals surface area contributed by atoms with Gasteiger partial charge in [-0.05, 0) is 88.3 Å². The third kappa shape index (κ3) is 4.05. The standard InChI is InChI=1S/C43H27N3/c1-44-33-22-24-43-39(28-33)38-27-32(21-23-42(38)46(43)34-15-9-13-30(25-34)29-11-3-2-4-12-29)31-14-10-16-35(26-31)45-40-19-7-5-17-36(40)37-18-6-8-20-41(37)45/h2-28H. The minimum Gasteiger partial charge on any atom is -0.309 e. The zero-order chi connectivity index (χ0) is 30.6. The van der Waals surface area contributed by atoms with E-state index in [9.17, 15) is 0 Å². The first kappa shape index (κ1) is 26.1. The van der Waals surface area contributed by atoms with E-state index >= 15 is 0 Å². The van der Waals surface area contributed by atoms with Crippen LogP contribution in [0.4, 0.5) is 5.69 Å². The number of fused-ring (bicyclic) bond motifs is 6. The molecule has 0 spiro atoms. The van der Waals surface area contributed by atoms with Crippen LogP contribution in [0.25, 0.3) is 82.1 Å². The molecule has 2 aromatic heterocycles. The van der Waals surface area contributed by atoms with Gasteiger partial charge in [-0.1, -0.05) is 103 Å². The van der Waals surface area contributed by atoms with E-state index in [1.165, 1.54) is 32.9 Å². The summed E-state index contributed by atoms with van der Waals surface area (Å²) in [5, 5.41) is 4.72. The lowest BCUT2D eigenvalue weighted by Crippen LogP contribution is -1.95. The van der Waals surface area contributed by atoms with Crippen LogP contribution >= 0.6 is 0 Å². The summed E-state index contributed by atoms with van der Waals surface area (Å²) in [6.07, 6.45) is 0. The highest BCUT2D eigenvalue weighted by atomic mass is 15.0. The molecule has 0 aliphatic heterocycles. The lowest BCUT2D eigenvalue weighted by Gasteiger charge is -2.12. The van der Waals surface area contributed by atoms with E-state index in [1.807, 2.05) is 18.2 Å². The summed E-state index contributed by atoms with van der Waals surface area (Å²) in [7, 11) is 0. The van der Waals surface area contributed by atoms with E-state index in [4.69, 9.17) is 6.57 Å². The molecular weight excluding hydrogens is 558 g/mol. The zero-order valence-corrected chi connectivity index (χ0v) is 24.9. The first-order valence-electron chi connectivity index (χ1n) is 15.5. The van der Waals surface area contributed by atoms with E-state index in [0.717, 1.165) is 44.3 Å². The number of benzene rings is 7. The van der Waals surface area contributed by atoms with Gasteiger partial charge in [-0.25, -0.2) is 4.85 Å². The average Bonchev–Trinajstić information content (AvgIpc) is 3.64. The second kappa shape index (κ2) is 10.4. The van der Waals surface area contributed by atoms with Crippen molar-refractivity contribution in [1.82, 2.24) is 9.13 Å².